The molecule has 0 unspecified atom stereocenters. The summed E-state index contributed by atoms with van der Waals surface area (Å²) in [7, 11) is 2.21. The van der Waals surface area contributed by atoms with Crippen molar-refractivity contribution < 1.29 is 36.6 Å². The molecule has 1 aliphatic carbocycles. The van der Waals surface area contributed by atoms with Gasteiger partial charge in [0.25, 0.3) is 10.0 Å². The third kappa shape index (κ3) is 8.78. The molecule has 1 aromatic heterocycles. The van der Waals surface area contributed by atoms with Gasteiger partial charge in [-0.25, -0.2) is 31.3 Å². The van der Waals surface area contributed by atoms with Crippen molar-refractivity contribution in [3.05, 3.63) is 53.9 Å². The number of nitrogens with one attached hydrogen (secondary N) is 2. The Labute approximate surface area is 278 Å². The maximum atomic E-state index is 15.7. The van der Waals surface area contributed by atoms with Gasteiger partial charge in [-0.15, -0.1) is 0 Å². The fourth-order valence-electron chi connectivity index (χ4n) is 5.88. The zero-order valence-electron chi connectivity index (χ0n) is 27.1. The highest BCUT2D eigenvalue weighted by molar-refractivity contribution is 7.93. The average Bonchev–Trinajstić information content (AvgIpc) is 3.54. The Morgan fingerprint density at radius 2 is 1.89 bits per heavy atom. The molecule has 47 heavy (non-hydrogen) atoms. The van der Waals surface area contributed by atoms with E-state index in [2.05, 4.69) is 24.9 Å². The molecule has 2 aromatic carbocycles. The Morgan fingerprint density at radius 3 is 2.47 bits per heavy atom. The SMILES string of the molecule is COc1ccc(CN(c2ncns2)S(=O)(=O)c2cc(F)c(NC[C@H](CC3(CCN(C)C)CCC3)[C@@H](C)NC(=O)O)cc2F)c(OC)c1. The van der Waals surface area contributed by atoms with Gasteiger partial charge < -0.3 is 30.1 Å². The summed E-state index contributed by atoms with van der Waals surface area (Å²) < 4.78 is 74.5. The molecule has 1 saturated carbocycles. The number of rotatable bonds is 17. The van der Waals surface area contributed by atoms with E-state index in [1.807, 2.05) is 14.1 Å². The first-order chi connectivity index (χ1) is 22.3. The minimum Gasteiger partial charge on any atom is -0.497 e. The molecule has 4 rings (SSSR count). The predicted molar refractivity (Wildman–Crippen MR) is 176 cm³/mol. The quantitative estimate of drug-likeness (QED) is 0.167. The Balaban J connectivity index is 1.60. The molecule has 0 aliphatic heterocycles. The number of carboxylic acid groups (broad SMARTS) is 1. The van der Waals surface area contributed by atoms with Crippen LogP contribution in [0.25, 0.3) is 0 Å². The number of amides is 1. The van der Waals surface area contributed by atoms with Crippen LogP contribution >= 0.6 is 11.5 Å². The number of benzene rings is 2. The second-order valence-corrected chi connectivity index (χ2v) is 14.8. The van der Waals surface area contributed by atoms with E-state index in [0.717, 1.165) is 54.1 Å². The van der Waals surface area contributed by atoms with Gasteiger partial charge in [-0.2, -0.15) is 4.37 Å². The number of hydrogen-bond acceptors (Lipinski definition) is 10. The van der Waals surface area contributed by atoms with Crippen LogP contribution in [0.1, 0.15) is 44.6 Å². The Hall–Kier alpha value is -3.76. The van der Waals surface area contributed by atoms with Gasteiger partial charge in [0.2, 0.25) is 5.13 Å². The molecule has 1 fully saturated rings. The third-order valence-electron chi connectivity index (χ3n) is 8.77. The van der Waals surface area contributed by atoms with Crippen LogP contribution in [0, 0.1) is 23.0 Å². The lowest BCUT2D eigenvalue weighted by atomic mass is 9.61. The minimum atomic E-state index is -4.69. The van der Waals surface area contributed by atoms with Crippen LogP contribution in [-0.4, -0.2) is 81.3 Å². The van der Waals surface area contributed by atoms with Crippen LogP contribution in [0.2, 0.25) is 0 Å². The highest BCUT2D eigenvalue weighted by Gasteiger charge is 2.40. The van der Waals surface area contributed by atoms with Crippen LogP contribution in [0.5, 0.6) is 11.5 Å². The first-order valence-corrected chi connectivity index (χ1v) is 17.4. The van der Waals surface area contributed by atoms with Crippen molar-refractivity contribution in [3.63, 3.8) is 0 Å². The number of aromatic nitrogens is 2. The maximum Gasteiger partial charge on any atom is 0.404 e. The number of sulfonamides is 1. The normalized spacial score (nSPS) is 15.4. The van der Waals surface area contributed by atoms with E-state index in [-0.39, 0.29) is 35.2 Å². The lowest BCUT2D eigenvalue weighted by Crippen LogP contribution is -2.44. The van der Waals surface area contributed by atoms with Gasteiger partial charge >= 0.3 is 6.09 Å². The van der Waals surface area contributed by atoms with Crippen LogP contribution < -0.4 is 24.4 Å². The average molecular weight is 697 g/mol. The lowest BCUT2D eigenvalue weighted by Gasteiger charge is -2.46. The van der Waals surface area contributed by atoms with Crippen LogP contribution in [-0.2, 0) is 16.6 Å². The van der Waals surface area contributed by atoms with E-state index in [1.165, 1.54) is 20.5 Å². The summed E-state index contributed by atoms with van der Waals surface area (Å²) in [6.07, 6.45) is 4.75. The largest absolute Gasteiger partial charge is 0.497 e. The smallest absolute Gasteiger partial charge is 0.404 e. The topological polar surface area (TPSA) is 146 Å². The van der Waals surface area contributed by atoms with E-state index < -0.39 is 38.7 Å². The van der Waals surface area contributed by atoms with Gasteiger partial charge in [0.15, 0.2) is 0 Å². The zero-order chi connectivity index (χ0) is 34.4. The third-order valence-corrected chi connectivity index (χ3v) is 11.3. The van der Waals surface area contributed by atoms with Crippen LogP contribution in [0.4, 0.5) is 24.4 Å². The fourth-order valence-corrected chi connectivity index (χ4v) is 8.07. The van der Waals surface area contributed by atoms with E-state index >= 15 is 8.78 Å². The van der Waals surface area contributed by atoms with Gasteiger partial charge in [-0.05, 0) is 82.8 Å². The number of nitrogens with zero attached hydrogens (tertiary/aromatic N) is 4. The zero-order valence-corrected chi connectivity index (χ0v) is 28.8. The molecular weight excluding hydrogens is 655 g/mol. The monoisotopic (exact) mass is 696 g/mol. The summed E-state index contributed by atoms with van der Waals surface area (Å²) in [6, 6.07) is 5.79. The molecule has 3 aromatic rings. The fraction of sp³-hybridized carbons (Fsp3) is 0.516. The first kappa shape index (κ1) is 36.1. The van der Waals surface area contributed by atoms with Gasteiger partial charge in [0, 0.05) is 41.8 Å². The molecule has 258 valence electrons. The highest BCUT2D eigenvalue weighted by Crippen LogP contribution is 2.49. The molecule has 3 N–H and O–H groups in total. The van der Waals surface area contributed by atoms with Gasteiger partial charge in [-0.3, -0.25) is 0 Å². The van der Waals surface area contributed by atoms with Gasteiger partial charge in [0.1, 0.15) is 34.4 Å². The second-order valence-electron chi connectivity index (χ2n) is 12.2. The summed E-state index contributed by atoms with van der Waals surface area (Å²) in [5, 5.41) is 14.8. The molecule has 1 heterocycles. The van der Waals surface area contributed by atoms with Crippen molar-refractivity contribution in [2.45, 2.75) is 56.5 Å². The van der Waals surface area contributed by atoms with Crippen LogP contribution in [0.3, 0.4) is 0 Å². The minimum absolute atomic E-state index is 0.0352. The van der Waals surface area contributed by atoms with Crippen molar-refractivity contribution in [2.75, 3.05) is 51.0 Å². The molecule has 0 saturated heterocycles. The molecule has 0 bridgehead atoms. The Kier molecular flexibility index (Phi) is 11.8. The summed E-state index contributed by atoms with van der Waals surface area (Å²) in [5.74, 6) is -1.58. The number of carbonyl (C=O) groups is 1. The van der Waals surface area contributed by atoms with Crippen molar-refractivity contribution in [2.24, 2.45) is 11.3 Å². The maximum absolute atomic E-state index is 15.7. The summed E-state index contributed by atoms with van der Waals surface area (Å²) in [6.45, 7) is 2.47. The van der Waals surface area contributed by atoms with Gasteiger partial charge in [-0.1, -0.05) is 6.42 Å². The van der Waals surface area contributed by atoms with Crippen molar-refractivity contribution in [1.29, 1.82) is 0 Å². The van der Waals surface area contributed by atoms with Crippen LogP contribution in [0.15, 0.2) is 41.6 Å². The molecule has 0 radical (unpaired) electrons. The lowest BCUT2D eigenvalue weighted by molar-refractivity contribution is 0.0660. The second kappa shape index (κ2) is 15.4. The summed E-state index contributed by atoms with van der Waals surface area (Å²) >= 11 is 0.781. The van der Waals surface area contributed by atoms with Gasteiger partial charge in [0.05, 0.1) is 26.5 Å². The number of hydrogen-bond donors (Lipinski definition) is 3. The summed E-state index contributed by atoms with van der Waals surface area (Å²) in [5.41, 5.74) is 0.230. The summed E-state index contributed by atoms with van der Waals surface area (Å²) in [4.78, 5) is 16.7. The predicted octanol–water partition coefficient (Wildman–Crippen LogP) is 5.43. The molecule has 12 nitrogen and oxygen atoms in total. The molecule has 2 atom stereocenters. The van der Waals surface area contributed by atoms with E-state index in [0.29, 0.717) is 29.5 Å². The molecule has 1 aliphatic rings. The van der Waals surface area contributed by atoms with Crippen molar-refractivity contribution in [1.82, 2.24) is 19.6 Å². The Bertz CT molecular complexity index is 1620. The number of halogens is 2. The van der Waals surface area contributed by atoms with E-state index in [4.69, 9.17) is 9.47 Å². The van der Waals surface area contributed by atoms with Crippen molar-refractivity contribution >= 4 is 38.5 Å². The number of methoxy groups -OCH3 is 2. The molecule has 16 heteroatoms. The molecular formula is C31H42F2N6O6S2. The Morgan fingerprint density at radius 1 is 1.15 bits per heavy atom. The van der Waals surface area contributed by atoms with E-state index in [1.54, 1.807) is 25.1 Å². The number of anilines is 2. The molecule has 1 amide bonds. The van der Waals surface area contributed by atoms with E-state index in [9.17, 15) is 18.3 Å². The molecule has 0 spiro atoms. The van der Waals surface area contributed by atoms with Crippen molar-refractivity contribution in [3.8, 4) is 11.5 Å². The standard InChI is InChI=1S/C31H42F2N6O6S2/c1-20(37-30(40)41)22(16-31(9-6-10-31)11-12-38(2)3)17-34-26-14-25(33)28(15-24(26)32)47(42,43)39(29-35-19-36-46-29)18-21-7-8-23(44-4)13-27(21)45-5/h7-8,13-15,19-20,22,34,37H,6,9-12,16-18H2,1-5H3,(H,40,41)/t20-,22+/m1/s1. The first-order valence-electron chi connectivity index (χ1n) is 15.2. The number of ether oxygens (including phenoxy) is 2. The highest BCUT2D eigenvalue weighted by atomic mass is 32.2.